The van der Waals surface area contributed by atoms with Crippen LogP contribution in [0.3, 0.4) is 0 Å². The van der Waals surface area contributed by atoms with Crippen LogP contribution in [0.25, 0.3) is 16.7 Å². The Morgan fingerprint density at radius 1 is 1.18 bits per heavy atom. The third-order valence-electron chi connectivity index (χ3n) is 6.63. The molecule has 2 aromatic rings. The second kappa shape index (κ2) is 11.8. The maximum Gasteiger partial charge on any atom is 0.416 e. The van der Waals surface area contributed by atoms with Crippen molar-refractivity contribution in [2.45, 2.75) is 64.8 Å². The van der Waals surface area contributed by atoms with Crippen molar-refractivity contribution in [3.05, 3.63) is 82.5 Å². The molecule has 0 fully saturated rings. The highest BCUT2D eigenvalue weighted by Crippen LogP contribution is 2.46. The number of aliphatic carboxylic acids is 1. The highest BCUT2D eigenvalue weighted by atomic mass is 19.4. The molecular weight excluding hydrogens is 519 g/mol. The van der Waals surface area contributed by atoms with Crippen molar-refractivity contribution < 1.29 is 32.5 Å². The minimum Gasteiger partial charge on any atom is -0.493 e. The number of aryl methyl sites for hydroxylation is 1. The molecular formula is C32H34F3NO4. The number of ether oxygens (including phenoxy) is 2. The fraction of sp³-hybridized carbons (Fsp3) is 0.375. The molecule has 0 bridgehead atoms. The summed E-state index contributed by atoms with van der Waals surface area (Å²) in [6.07, 6.45) is 4.61. The lowest BCUT2D eigenvalue weighted by molar-refractivity contribution is -0.163. The fourth-order valence-corrected chi connectivity index (χ4v) is 5.00. The molecule has 4 rings (SSSR count). The molecule has 1 N–H and O–H groups in total. The van der Waals surface area contributed by atoms with Gasteiger partial charge in [-0.15, -0.1) is 0 Å². The predicted molar refractivity (Wildman–Crippen MR) is 151 cm³/mol. The number of allylic oxidation sites excluding steroid dienone is 6. The van der Waals surface area contributed by atoms with Gasteiger partial charge in [0, 0.05) is 23.9 Å². The van der Waals surface area contributed by atoms with Gasteiger partial charge in [0.05, 0.1) is 17.8 Å². The van der Waals surface area contributed by atoms with Crippen molar-refractivity contribution in [2.75, 3.05) is 13.2 Å². The van der Waals surface area contributed by atoms with E-state index in [1.165, 1.54) is 6.07 Å². The fourth-order valence-electron chi connectivity index (χ4n) is 5.00. The zero-order valence-electron chi connectivity index (χ0n) is 23.1. The molecule has 0 radical (unpaired) electrons. The van der Waals surface area contributed by atoms with Crippen LogP contribution in [0.5, 0.6) is 5.75 Å². The van der Waals surface area contributed by atoms with E-state index in [1.54, 1.807) is 39.1 Å². The van der Waals surface area contributed by atoms with Gasteiger partial charge >= 0.3 is 12.1 Å². The number of halogens is 3. The van der Waals surface area contributed by atoms with Gasteiger partial charge in [-0.05, 0) is 93.0 Å². The van der Waals surface area contributed by atoms with Crippen LogP contribution < -0.4 is 4.74 Å². The van der Waals surface area contributed by atoms with Gasteiger partial charge in [-0.3, -0.25) is 4.99 Å². The Kier molecular flexibility index (Phi) is 8.68. The van der Waals surface area contributed by atoms with Crippen LogP contribution in [0.1, 0.15) is 68.9 Å². The van der Waals surface area contributed by atoms with Crippen molar-refractivity contribution in [1.82, 2.24) is 0 Å². The lowest BCUT2D eigenvalue weighted by atomic mass is 9.82. The van der Waals surface area contributed by atoms with E-state index in [9.17, 15) is 23.1 Å². The van der Waals surface area contributed by atoms with Crippen LogP contribution in [0.4, 0.5) is 13.2 Å². The smallest absolute Gasteiger partial charge is 0.416 e. The number of rotatable bonds is 7. The van der Waals surface area contributed by atoms with E-state index in [1.807, 2.05) is 37.3 Å². The van der Waals surface area contributed by atoms with Crippen molar-refractivity contribution in [1.29, 1.82) is 0 Å². The SMILES string of the molecule is CCN=CC(=C1C=CC=CC1)c1ccc(C(F)(F)F)c(C(OC(C)(C)C)C(=O)O)c1-c1ccc2c(c1)CCCO2. The molecule has 0 spiro atoms. The number of fused-ring (bicyclic) bond motifs is 1. The molecule has 1 aliphatic heterocycles. The van der Waals surface area contributed by atoms with Crippen LogP contribution in [-0.4, -0.2) is 36.0 Å². The monoisotopic (exact) mass is 553 g/mol. The Morgan fingerprint density at radius 2 is 1.95 bits per heavy atom. The molecule has 212 valence electrons. The second-order valence-electron chi connectivity index (χ2n) is 10.7. The van der Waals surface area contributed by atoms with E-state index < -0.39 is 35.0 Å². The van der Waals surface area contributed by atoms with Crippen molar-refractivity contribution >= 4 is 17.8 Å². The summed E-state index contributed by atoms with van der Waals surface area (Å²) in [6.45, 7) is 7.77. The van der Waals surface area contributed by atoms with Crippen molar-refractivity contribution in [2.24, 2.45) is 4.99 Å². The molecule has 0 saturated heterocycles. The van der Waals surface area contributed by atoms with E-state index >= 15 is 0 Å². The Balaban J connectivity index is 2.15. The highest BCUT2D eigenvalue weighted by Gasteiger charge is 2.41. The van der Waals surface area contributed by atoms with Gasteiger partial charge in [0.15, 0.2) is 6.10 Å². The molecule has 0 amide bonds. The topological polar surface area (TPSA) is 68.1 Å². The quantitative estimate of drug-likeness (QED) is 0.353. The molecule has 1 heterocycles. The van der Waals surface area contributed by atoms with E-state index in [2.05, 4.69) is 4.99 Å². The third-order valence-corrected chi connectivity index (χ3v) is 6.63. The van der Waals surface area contributed by atoms with Crippen LogP contribution >= 0.6 is 0 Å². The second-order valence-corrected chi connectivity index (χ2v) is 10.7. The maximum absolute atomic E-state index is 14.6. The van der Waals surface area contributed by atoms with E-state index in [-0.39, 0.29) is 5.56 Å². The molecule has 2 aliphatic rings. The number of benzene rings is 2. The van der Waals surface area contributed by atoms with Gasteiger partial charge in [0.2, 0.25) is 0 Å². The summed E-state index contributed by atoms with van der Waals surface area (Å²) in [4.78, 5) is 17.1. The first-order valence-electron chi connectivity index (χ1n) is 13.4. The number of carbonyl (C=O) groups is 1. The van der Waals surface area contributed by atoms with E-state index in [0.29, 0.717) is 48.4 Å². The minimum absolute atomic E-state index is 0.160. The molecule has 0 saturated carbocycles. The zero-order chi connectivity index (χ0) is 29.1. The third kappa shape index (κ3) is 6.55. The number of carboxylic acids is 1. The predicted octanol–water partition coefficient (Wildman–Crippen LogP) is 8.00. The summed E-state index contributed by atoms with van der Waals surface area (Å²) in [7, 11) is 0. The zero-order valence-corrected chi connectivity index (χ0v) is 23.1. The lowest BCUT2D eigenvalue weighted by Gasteiger charge is -2.30. The maximum atomic E-state index is 14.6. The largest absolute Gasteiger partial charge is 0.493 e. The lowest BCUT2D eigenvalue weighted by Crippen LogP contribution is -2.30. The van der Waals surface area contributed by atoms with Crippen LogP contribution in [0.15, 0.2) is 65.2 Å². The Labute approximate surface area is 232 Å². The van der Waals surface area contributed by atoms with Crippen LogP contribution in [0.2, 0.25) is 0 Å². The number of alkyl halides is 3. The van der Waals surface area contributed by atoms with E-state index in [4.69, 9.17) is 9.47 Å². The van der Waals surface area contributed by atoms with Gasteiger partial charge in [0.1, 0.15) is 5.75 Å². The van der Waals surface area contributed by atoms with Crippen molar-refractivity contribution in [3.8, 4) is 16.9 Å². The number of hydrogen-bond donors (Lipinski definition) is 1. The Hall–Kier alpha value is -3.65. The summed E-state index contributed by atoms with van der Waals surface area (Å²) in [5.41, 5.74) is 0.905. The molecule has 5 nitrogen and oxygen atoms in total. The van der Waals surface area contributed by atoms with Crippen molar-refractivity contribution in [3.63, 3.8) is 0 Å². The van der Waals surface area contributed by atoms with E-state index in [0.717, 1.165) is 23.6 Å². The molecule has 1 atom stereocenters. The molecule has 40 heavy (non-hydrogen) atoms. The molecule has 1 unspecified atom stereocenters. The molecule has 2 aromatic carbocycles. The minimum atomic E-state index is -4.83. The van der Waals surface area contributed by atoms with Gasteiger partial charge in [-0.1, -0.05) is 36.4 Å². The first-order chi connectivity index (χ1) is 18.9. The number of nitrogens with zero attached hydrogens (tertiary/aromatic N) is 1. The van der Waals surface area contributed by atoms with Gasteiger partial charge in [0.25, 0.3) is 0 Å². The summed E-state index contributed by atoms with van der Waals surface area (Å²) in [5.74, 6) is -0.825. The molecule has 0 aromatic heterocycles. The number of aliphatic imine (C=N–C) groups is 1. The summed E-state index contributed by atoms with van der Waals surface area (Å²) in [6, 6.07) is 7.62. The average Bonchev–Trinajstić information content (AvgIpc) is 2.90. The average molecular weight is 554 g/mol. The normalized spacial score (nSPS) is 17.5. The summed E-state index contributed by atoms with van der Waals surface area (Å²) in [5, 5.41) is 10.3. The first-order valence-corrected chi connectivity index (χ1v) is 13.4. The number of carboxylic acid groups (broad SMARTS) is 1. The summed E-state index contributed by atoms with van der Waals surface area (Å²) < 4.78 is 55.5. The standard InChI is InChI=1S/C32H34F3NO4/c1-5-36-19-24(20-10-7-6-8-11-20)23-14-15-25(32(33,34)35)28(29(30(37)38)40-31(2,3)4)27(23)22-13-16-26-21(18-22)12-9-17-39-26/h6-8,10,13-16,18-19,29H,5,9,11-12,17H2,1-4H3,(H,37,38). The Bertz CT molecular complexity index is 1390. The summed E-state index contributed by atoms with van der Waals surface area (Å²) >= 11 is 0. The van der Waals surface area contributed by atoms with Crippen LogP contribution in [0, 0.1) is 0 Å². The van der Waals surface area contributed by atoms with Gasteiger partial charge in [-0.25, -0.2) is 4.79 Å². The van der Waals surface area contributed by atoms with Crippen LogP contribution in [-0.2, 0) is 22.1 Å². The molecule has 8 heteroatoms. The number of hydrogen-bond acceptors (Lipinski definition) is 4. The first kappa shape index (κ1) is 29.3. The van der Waals surface area contributed by atoms with Gasteiger partial charge in [-0.2, -0.15) is 13.2 Å². The Morgan fingerprint density at radius 3 is 2.58 bits per heavy atom. The van der Waals surface area contributed by atoms with Gasteiger partial charge < -0.3 is 14.6 Å². The highest BCUT2D eigenvalue weighted by molar-refractivity contribution is 6.14. The molecule has 1 aliphatic carbocycles.